The third kappa shape index (κ3) is 3.63. The van der Waals surface area contributed by atoms with E-state index < -0.39 is 5.41 Å². The molecule has 0 N–H and O–H groups in total. The lowest BCUT2D eigenvalue weighted by molar-refractivity contribution is 0.723. The van der Waals surface area contributed by atoms with E-state index in [4.69, 9.17) is 9.97 Å². The number of aromatic nitrogens is 2. The molecule has 3 heteroatoms. The van der Waals surface area contributed by atoms with Gasteiger partial charge < -0.3 is 0 Å². The first-order valence-corrected chi connectivity index (χ1v) is 15.7. The lowest BCUT2D eigenvalue weighted by Crippen LogP contribution is -2.32. The highest BCUT2D eigenvalue weighted by atomic mass is 32.2. The molecule has 9 rings (SSSR count). The van der Waals surface area contributed by atoms with Crippen LogP contribution in [0.25, 0.3) is 45.0 Å². The Kier molecular flexibility index (Phi) is 5.69. The number of hydrogen-bond acceptors (Lipinski definition) is 3. The van der Waals surface area contributed by atoms with Gasteiger partial charge in [0.25, 0.3) is 0 Å². The van der Waals surface area contributed by atoms with Gasteiger partial charge in [-0.1, -0.05) is 157 Å². The van der Waals surface area contributed by atoms with Crippen LogP contribution in [0.5, 0.6) is 0 Å². The maximum atomic E-state index is 5.24. The molecule has 0 atom stereocenters. The average Bonchev–Trinajstić information content (AvgIpc) is 3.40. The molecule has 6 aromatic carbocycles. The summed E-state index contributed by atoms with van der Waals surface area (Å²) in [5, 5.41) is 0. The van der Waals surface area contributed by atoms with Crippen LogP contribution in [-0.4, -0.2) is 9.97 Å². The number of benzene rings is 6. The van der Waals surface area contributed by atoms with Gasteiger partial charge in [-0.3, -0.25) is 0 Å². The van der Waals surface area contributed by atoms with Gasteiger partial charge in [0.1, 0.15) is 0 Å². The van der Waals surface area contributed by atoms with Crippen LogP contribution in [0.2, 0.25) is 0 Å². The summed E-state index contributed by atoms with van der Waals surface area (Å²) < 4.78 is 0. The Hall–Kier alpha value is -5.25. The molecular formula is C41H26N2S. The van der Waals surface area contributed by atoms with Gasteiger partial charge in [0.05, 0.1) is 16.8 Å². The smallest absolute Gasteiger partial charge is 0.161 e. The van der Waals surface area contributed by atoms with E-state index in [0.29, 0.717) is 0 Å². The van der Waals surface area contributed by atoms with E-state index in [9.17, 15) is 0 Å². The standard InChI is InChI=1S/C41H26N2S/c1-3-14-27(15-4-1)36-26-37(28-16-5-2-6-17-28)43-40(42-36)31-20-13-24-35-39(31)44-38-25-12-11-23-34(38)41(35)32-21-9-7-18-29(32)30-19-8-10-22-33(30)41/h1-26H. The zero-order valence-electron chi connectivity index (χ0n) is 23.8. The van der Waals surface area contributed by atoms with Crippen LogP contribution in [0.3, 0.4) is 0 Å². The minimum absolute atomic E-state index is 0.431. The summed E-state index contributed by atoms with van der Waals surface area (Å²) in [6, 6.07) is 56.4. The molecule has 0 amide bonds. The Morgan fingerprint density at radius 1 is 0.409 bits per heavy atom. The van der Waals surface area contributed by atoms with Crippen molar-refractivity contribution in [2.24, 2.45) is 0 Å². The second-order valence-electron chi connectivity index (χ2n) is 11.3. The van der Waals surface area contributed by atoms with Crippen molar-refractivity contribution in [1.29, 1.82) is 0 Å². The molecule has 0 saturated heterocycles. The van der Waals surface area contributed by atoms with E-state index >= 15 is 0 Å². The Labute approximate surface area is 261 Å². The largest absolute Gasteiger partial charge is 0.228 e. The third-order valence-electron chi connectivity index (χ3n) is 8.98. The zero-order chi connectivity index (χ0) is 29.1. The molecule has 2 heterocycles. The van der Waals surface area contributed by atoms with Crippen LogP contribution in [0.15, 0.2) is 168 Å². The molecule has 44 heavy (non-hydrogen) atoms. The Morgan fingerprint density at radius 2 is 0.886 bits per heavy atom. The summed E-state index contributed by atoms with van der Waals surface area (Å²) >= 11 is 1.84. The van der Waals surface area contributed by atoms with Crippen molar-refractivity contribution < 1.29 is 0 Å². The van der Waals surface area contributed by atoms with Crippen LogP contribution in [0.4, 0.5) is 0 Å². The summed E-state index contributed by atoms with van der Waals surface area (Å²) in [6.45, 7) is 0. The van der Waals surface area contributed by atoms with Crippen molar-refractivity contribution in [1.82, 2.24) is 9.97 Å². The molecule has 1 spiro atoms. The van der Waals surface area contributed by atoms with Crippen LogP contribution in [-0.2, 0) is 5.41 Å². The summed E-state index contributed by atoms with van der Waals surface area (Å²) in [5.41, 5.74) is 12.5. The first-order valence-electron chi connectivity index (χ1n) is 14.9. The predicted molar refractivity (Wildman–Crippen MR) is 180 cm³/mol. The molecule has 1 aliphatic carbocycles. The molecule has 0 saturated carbocycles. The molecule has 7 aromatic rings. The highest BCUT2D eigenvalue weighted by Gasteiger charge is 2.50. The molecule has 1 aromatic heterocycles. The number of fused-ring (bicyclic) bond motifs is 9. The summed E-state index contributed by atoms with van der Waals surface area (Å²) in [6.07, 6.45) is 0. The minimum atomic E-state index is -0.431. The van der Waals surface area contributed by atoms with Crippen LogP contribution in [0, 0.1) is 0 Å². The quantitative estimate of drug-likeness (QED) is 0.209. The monoisotopic (exact) mass is 578 g/mol. The number of hydrogen-bond donors (Lipinski definition) is 0. The van der Waals surface area contributed by atoms with Gasteiger partial charge in [-0.2, -0.15) is 0 Å². The summed E-state index contributed by atoms with van der Waals surface area (Å²) in [7, 11) is 0. The molecular weight excluding hydrogens is 553 g/mol. The molecule has 1 aliphatic heterocycles. The lowest BCUT2D eigenvalue weighted by Gasteiger charge is -2.40. The lowest BCUT2D eigenvalue weighted by atomic mass is 9.67. The first-order chi connectivity index (χ1) is 21.8. The number of nitrogens with zero attached hydrogens (tertiary/aromatic N) is 2. The van der Waals surface area contributed by atoms with Gasteiger partial charge in [0.2, 0.25) is 0 Å². The fraction of sp³-hybridized carbons (Fsp3) is 0.0244. The van der Waals surface area contributed by atoms with E-state index in [1.165, 1.54) is 43.2 Å². The van der Waals surface area contributed by atoms with Gasteiger partial charge in [-0.05, 0) is 45.5 Å². The van der Waals surface area contributed by atoms with E-state index in [-0.39, 0.29) is 0 Å². The van der Waals surface area contributed by atoms with Crippen molar-refractivity contribution >= 4 is 11.8 Å². The Balaban J connectivity index is 1.35. The van der Waals surface area contributed by atoms with E-state index in [2.05, 4.69) is 146 Å². The fourth-order valence-corrected chi connectivity index (χ4v) is 8.43. The molecule has 0 fully saturated rings. The van der Waals surface area contributed by atoms with Crippen molar-refractivity contribution in [3.63, 3.8) is 0 Å². The van der Waals surface area contributed by atoms with Gasteiger partial charge in [-0.15, -0.1) is 0 Å². The van der Waals surface area contributed by atoms with Crippen molar-refractivity contribution in [3.05, 3.63) is 180 Å². The summed E-state index contributed by atoms with van der Waals surface area (Å²) in [5.74, 6) is 0.739. The maximum absolute atomic E-state index is 5.24. The van der Waals surface area contributed by atoms with Crippen LogP contribution >= 0.6 is 11.8 Å². The highest BCUT2D eigenvalue weighted by Crippen LogP contribution is 2.63. The maximum Gasteiger partial charge on any atom is 0.161 e. The topological polar surface area (TPSA) is 25.8 Å². The Bertz CT molecular complexity index is 2100. The fourth-order valence-electron chi connectivity index (χ4n) is 7.14. The first kappa shape index (κ1) is 25.3. The minimum Gasteiger partial charge on any atom is -0.228 e. The van der Waals surface area contributed by atoms with Crippen molar-refractivity contribution in [3.8, 4) is 45.0 Å². The molecule has 0 unspecified atom stereocenters. The second-order valence-corrected chi connectivity index (χ2v) is 12.4. The molecule has 2 aliphatic rings. The highest BCUT2D eigenvalue weighted by molar-refractivity contribution is 7.99. The van der Waals surface area contributed by atoms with Crippen molar-refractivity contribution in [2.75, 3.05) is 0 Å². The van der Waals surface area contributed by atoms with E-state index in [1.807, 2.05) is 23.9 Å². The Morgan fingerprint density at radius 3 is 1.50 bits per heavy atom. The molecule has 0 bridgehead atoms. The zero-order valence-corrected chi connectivity index (χ0v) is 24.6. The average molecular weight is 579 g/mol. The second kappa shape index (κ2) is 9.90. The molecule has 206 valence electrons. The predicted octanol–water partition coefficient (Wildman–Crippen LogP) is 10.3. The van der Waals surface area contributed by atoms with Crippen LogP contribution in [0.1, 0.15) is 22.3 Å². The van der Waals surface area contributed by atoms with Gasteiger partial charge >= 0.3 is 0 Å². The summed E-state index contributed by atoms with van der Waals surface area (Å²) in [4.78, 5) is 13.0. The SMILES string of the molecule is c1ccc(-c2cc(-c3ccccc3)nc(-c3cccc4c3Sc3ccccc3C43c4ccccc4-c4ccccc43)n2)cc1. The van der Waals surface area contributed by atoms with Gasteiger partial charge in [0, 0.05) is 26.5 Å². The van der Waals surface area contributed by atoms with Crippen LogP contribution < -0.4 is 0 Å². The number of rotatable bonds is 3. The van der Waals surface area contributed by atoms with E-state index in [0.717, 1.165) is 33.9 Å². The molecule has 0 radical (unpaired) electrons. The molecule has 2 nitrogen and oxygen atoms in total. The van der Waals surface area contributed by atoms with Gasteiger partial charge in [0.15, 0.2) is 5.82 Å². The van der Waals surface area contributed by atoms with Gasteiger partial charge in [-0.25, -0.2) is 9.97 Å². The normalized spacial score (nSPS) is 13.5. The third-order valence-corrected chi connectivity index (χ3v) is 10.2. The van der Waals surface area contributed by atoms with Crippen molar-refractivity contribution in [2.45, 2.75) is 15.2 Å². The van der Waals surface area contributed by atoms with E-state index in [1.54, 1.807) is 0 Å².